The summed E-state index contributed by atoms with van der Waals surface area (Å²) in [6.45, 7) is 3.79. The Kier molecular flexibility index (Phi) is 3.96. The van der Waals surface area contributed by atoms with E-state index >= 15 is 0 Å². The summed E-state index contributed by atoms with van der Waals surface area (Å²) in [5.74, 6) is -1.09. The Morgan fingerprint density at radius 3 is 2.55 bits per heavy atom. The highest BCUT2D eigenvalue weighted by molar-refractivity contribution is 7.89. The van der Waals surface area contributed by atoms with Crippen molar-refractivity contribution in [3.8, 4) is 0 Å². The summed E-state index contributed by atoms with van der Waals surface area (Å²) in [7, 11) is -3.38. The monoisotopic (exact) mass is 299 g/mol. The highest BCUT2D eigenvalue weighted by atomic mass is 32.2. The molecule has 0 aliphatic carbocycles. The van der Waals surface area contributed by atoms with Gasteiger partial charge in [-0.15, -0.1) is 6.58 Å². The largest absolute Gasteiger partial charge is 0.479 e. The molecule has 1 saturated heterocycles. The number of hydrogen-bond acceptors (Lipinski definition) is 4. The molecule has 0 bridgehead atoms. The van der Waals surface area contributed by atoms with Gasteiger partial charge in [0.15, 0.2) is 0 Å². The average Bonchev–Trinajstić information content (AvgIpc) is 2.92. The smallest absolute Gasteiger partial charge is 0.330 e. The third-order valence-electron chi connectivity index (χ3n) is 3.67. The van der Waals surface area contributed by atoms with Gasteiger partial charge in [-0.05, 0) is 12.8 Å². The van der Waals surface area contributed by atoms with Crippen molar-refractivity contribution < 1.29 is 18.3 Å². The van der Waals surface area contributed by atoms with Gasteiger partial charge in [-0.2, -0.15) is 0 Å². The molecule has 7 nitrogen and oxygen atoms in total. The molecule has 2 heterocycles. The zero-order chi connectivity index (χ0) is 14.8. The van der Waals surface area contributed by atoms with Crippen LogP contribution < -0.4 is 0 Å². The number of hydrogen-bond donors (Lipinski definition) is 1. The van der Waals surface area contributed by atoms with Crippen LogP contribution in [0.4, 0.5) is 0 Å². The molecule has 0 atom stereocenters. The fraction of sp³-hybridized carbons (Fsp3) is 0.500. The van der Waals surface area contributed by atoms with Gasteiger partial charge in [0.05, 0.1) is 12.1 Å². The zero-order valence-corrected chi connectivity index (χ0v) is 11.8. The number of aromatic nitrogens is 2. The lowest BCUT2D eigenvalue weighted by molar-refractivity contribution is -0.149. The van der Waals surface area contributed by atoms with E-state index in [-0.39, 0.29) is 31.7 Å². The molecule has 0 unspecified atom stereocenters. The minimum Gasteiger partial charge on any atom is -0.479 e. The average molecular weight is 299 g/mol. The lowest BCUT2D eigenvalue weighted by Gasteiger charge is -2.38. The van der Waals surface area contributed by atoms with E-state index in [1.807, 2.05) is 0 Å². The third-order valence-corrected chi connectivity index (χ3v) is 5.48. The van der Waals surface area contributed by atoms with E-state index in [0.29, 0.717) is 0 Å². The first kappa shape index (κ1) is 14.7. The topological polar surface area (TPSA) is 92.5 Å². The first-order valence-corrected chi connectivity index (χ1v) is 7.84. The van der Waals surface area contributed by atoms with Crippen LogP contribution in [0.5, 0.6) is 0 Å². The summed E-state index contributed by atoms with van der Waals surface area (Å²) in [6, 6.07) is 0. The molecule has 0 aromatic carbocycles. The van der Waals surface area contributed by atoms with Crippen molar-refractivity contribution in [1.29, 1.82) is 0 Å². The Balaban J connectivity index is 2.20. The predicted octanol–water partition coefficient (Wildman–Crippen LogP) is 0.275. The quantitative estimate of drug-likeness (QED) is 0.788. The number of sulfonamides is 1. The number of imidazole rings is 1. The summed E-state index contributed by atoms with van der Waals surface area (Å²) in [5.41, 5.74) is -1.11. The van der Waals surface area contributed by atoms with Crippen molar-refractivity contribution in [3.05, 3.63) is 31.4 Å². The number of rotatable bonds is 5. The number of aliphatic carboxylic acids is 1. The summed E-state index contributed by atoms with van der Waals surface area (Å²) >= 11 is 0. The molecule has 1 aliphatic heterocycles. The first-order valence-electron chi connectivity index (χ1n) is 6.23. The van der Waals surface area contributed by atoms with Crippen LogP contribution in [-0.2, 0) is 20.4 Å². The van der Waals surface area contributed by atoms with Crippen molar-refractivity contribution in [1.82, 2.24) is 13.9 Å². The van der Waals surface area contributed by atoms with Crippen molar-refractivity contribution in [2.24, 2.45) is 0 Å². The second-order valence-electron chi connectivity index (χ2n) is 4.77. The Bertz CT molecular complexity index is 586. The maximum absolute atomic E-state index is 11.9. The van der Waals surface area contributed by atoms with Gasteiger partial charge >= 0.3 is 5.97 Å². The molecule has 0 radical (unpaired) electrons. The van der Waals surface area contributed by atoms with E-state index in [4.69, 9.17) is 0 Å². The molecule has 0 saturated carbocycles. The van der Waals surface area contributed by atoms with Gasteiger partial charge in [-0.25, -0.2) is 22.5 Å². The number of carboxylic acid groups (broad SMARTS) is 1. The van der Waals surface area contributed by atoms with Crippen LogP contribution in [0.15, 0.2) is 31.4 Å². The Labute approximate surface area is 117 Å². The van der Waals surface area contributed by atoms with Gasteiger partial charge in [0.25, 0.3) is 0 Å². The number of carboxylic acids is 1. The molecular formula is C12H17N3O4S. The van der Waals surface area contributed by atoms with E-state index in [9.17, 15) is 18.3 Å². The lowest BCUT2D eigenvalue weighted by Crippen LogP contribution is -2.52. The van der Waals surface area contributed by atoms with Crippen molar-refractivity contribution in [2.75, 3.05) is 18.8 Å². The molecule has 1 aromatic rings. The minimum atomic E-state index is -3.38. The Morgan fingerprint density at radius 1 is 1.45 bits per heavy atom. The molecule has 8 heteroatoms. The fourth-order valence-electron chi connectivity index (χ4n) is 2.48. The zero-order valence-electron chi connectivity index (χ0n) is 11.0. The molecule has 0 spiro atoms. The maximum atomic E-state index is 11.9. The van der Waals surface area contributed by atoms with Crippen LogP contribution in [0.3, 0.4) is 0 Å². The van der Waals surface area contributed by atoms with Crippen LogP contribution in [0.1, 0.15) is 12.8 Å². The normalized spacial score (nSPS) is 19.6. The fourth-order valence-corrected chi connectivity index (χ4v) is 3.73. The summed E-state index contributed by atoms with van der Waals surface area (Å²) in [5, 5.41) is 9.52. The predicted molar refractivity (Wildman–Crippen MR) is 72.6 cm³/mol. The molecule has 1 aromatic heterocycles. The van der Waals surface area contributed by atoms with Gasteiger partial charge in [0.2, 0.25) is 10.0 Å². The van der Waals surface area contributed by atoms with Crippen LogP contribution in [0.25, 0.3) is 0 Å². The van der Waals surface area contributed by atoms with E-state index in [0.717, 1.165) is 0 Å². The molecule has 1 aliphatic rings. The summed E-state index contributed by atoms with van der Waals surface area (Å²) < 4.78 is 26.8. The van der Waals surface area contributed by atoms with Gasteiger partial charge in [0, 0.05) is 25.5 Å². The number of carbonyl (C=O) groups is 1. The minimum absolute atomic E-state index is 0.127. The van der Waals surface area contributed by atoms with Gasteiger partial charge in [0.1, 0.15) is 5.54 Å². The Hall–Kier alpha value is -1.67. The van der Waals surface area contributed by atoms with Crippen molar-refractivity contribution >= 4 is 16.0 Å². The van der Waals surface area contributed by atoms with Crippen molar-refractivity contribution in [3.63, 3.8) is 0 Å². The van der Waals surface area contributed by atoms with Crippen LogP contribution in [-0.4, -0.2) is 52.2 Å². The second-order valence-corrected chi connectivity index (χ2v) is 6.79. The van der Waals surface area contributed by atoms with Crippen molar-refractivity contribution in [2.45, 2.75) is 18.4 Å². The van der Waals surface area contributed by atoms with E-state index in [2.05, 4.69) is 11.6 Å². The van der Waals surface area contributed by atoms with Crippen LogP contribution in [0, 0.1) is 0 Å². The van der Waals surface area contributed by atoms with Gasteiger partial charge in [-0.1, -0.05) is 6.08 Å². The van der Waals surface area contributed by atoms with E-state index < -0.39 is 21.5 Å². The SMILES string of the molecule is C=CCS(=O)(=O)N1CCC(C(=O)O)(n2ccnc2)CC1. The molecule has 2 rings (SSSR count). The molecule has 1 N–H and O–H groups in total. The van der Waals surface area contributed by atoms with Crippen LogP contribution >= 0.6 is 0 Å². The lowest BCUT2D eigenvalue weighted by atomic mass is 9.88. The highest BCUT2D eigenvalue weighted by Crippen LogP contribution is 2.31. The highest BCUT2D eigenvalue weighted by Gasteiger charge is 2.44. The standard InChI is InChI=1S/C12H17N3O4S/c1-2-9-20(18,19)15-6-3-12(4-7-15,11(16)17)14-8-5-13-10-14/h2,5,8,10H,1,3-4,6-7,9H2,(H,16,17). The summed E-state index contributed by atoms with van der Waals surface area (Å²) in [6.07, 6.45) is 6.35. The number of nitrogens with zero attached hydrogens (tertiary/aromatic N) is 3. The first-order chi connectivity index (χ1) is 9.42. The van der Waals surface area contributed by atoms with E-state index in [1.165, 1.54) is 22.9 Å². The summed E-state index contributed by atoms with van der Waals surface area (Å²) in [4.78, 5) is 15.5. The molecular weight excluding hydrogens is 282 g/mol. The number of piperidine rings is 1. The van der Waals surface area contributed by atoms with E-state index in [1.54, 1.807) is 10.8 Å². The molecule has 110 valence electrons. The third kappa shape index (κ3) is 2.48. The molecule has 0 amide bonds. The second kappa shape index (κ2) is 5.37. The molecule has 20 heavy (non-hydrogen) atoms. The molecule has 1 fully saturated rings. The maximum Gasteiger partial charge on any atom is 0.330 e. The Morgan fingerprint density at radius 2 is 2.10 bits per heavy atom. The van der Waals surface area contributed by atoms with Gasteiger partial charge < -0.3 is 9.67 Å². The van der Waals surface area contributed by atoms with Gasteiger partial charge in [-0.3, -0.25) is 0 Å². The van der Waals surface area contributed by atoms with Crippen LogP contribution in [0.2, 0.25) is 0 Å².